The summed E-state index contributed by atoms with van der Waals surface area (Å²) < 4.78 is 5.92. The van der Waals surface area contributed by atoms with E-state index in [1.54, 1.807) is 17.0 Å². The average Bonchev–Trinajstić information content (AvgIpc) is 3.06. The topological polar surface area (TPSA) is 58.2 Å². The number of H-pyrrole nitrogens is 1. The summed E-state index contributed by atoms with van der Waals surface area (Å²) in [6, 6.07) is 7.30. The van der Waals surface area contributed by atoms with E-state index in [0.29, 0.717) is 29.4 Å². The Morgan fingerprint density at radius 1 is 1.35 bits per heavy atom. The zero-order valence-corrected chi connectivity index (χ0v) is 13.2. The Morgan fingerprint density at radius 3 is 2.70 bits per heavy atom. The molecule has 5 nitrogen and oxygen atoms in total. The predicted molar refractivity (Wildman–Crippen MR) is 87.5 cm³/mol. The molecule has 3 rings (SSSR count). The first-order valence-corrected chi connectivity index (χ1v) is 7.76. The lowest BCUT2D eigenvalue weighted by molar-refractivity contribution is 0.0590. The van der Waals surface area contributed by atoms with Crippen LogP contribution in [-0.2, 0) is 0 Å². The van der Waals surface area contributed by atoms with Gasteiger partial charge < -0.3 is 9.64 Å². The highest BCUT2D eigenvalue weighted by atomic mass is 35.5. The molecule has 2 aromatic rings. The summed E-state index contributed by atoms with van der Waals surface area (Å²) in [7, 11) is 0. The third-order valence-electron chi connectivity index (χ3n) is 3.85. The average molecular weight is 330 g/mol. The van der Waals surface area contributed by atoms with Crippen molar-refractivity contribution in [1.82, 2.24) is 15.1 Å². The molecule has 1 aliphatic rings. The van der Waals surface area contributed by atoms with E-state index in [-0.39, 0.29) is 12.0 Å². The Morgan fingerprint density at radius 2 is 2.04 bits per heavy atom. The molecule has 0 unspecified atom stereocenters. The number of halogens is 1. The van der Waals surface area contributed by atoms with Gasteiger partial charge in [-0.1, -0.05) is 17.5 Å². The molecule has 0 radical (unpaired) electrons. The Hall–Kier alpha value is -2.45. The number of nitrogens with zero attached hydrogens (tertiary/aromatic N) is 2. The van der Waals surface area contributed by atoms with E-state index in [2.05, 4.69) is 16.1 Å². The van der Waals surface area contributed by atoms with Crippen LogP contribution in [0.15, 0.2) is 30.5 Å². The summed E-state index contributed by atoms with van der Waals surface area (Å²) in [6.45, 7) is 1.25. The maximum Gasteiger partial charge on any atom is 0.273 e. The van der Waals surface area contributed by atoms with Crippen LogP contribution in [0, 0.1) is 12.3 Å². The number of terminal acetylenes is 1. The number of ether oxygens (including phenoxy) is 1. The van der Waals surface area contributed by atoms with Crippen molar-refractivity contribution >= 4 is 17.5 Å². The monoisotopic (exact) mass is 329 g/mol. The highest BCUT2D eigenvalue weighted by Crippen LogP contribution is 2.22. The lowest BCUT2D eigenvalue weighted by atomic mass is 10.1. The molecule has 1 N–H and O–H groups in total. The fraction of sp³-hybridized carbons (Fsp3) is 0.294. The summed E-state index contributed by atoms with van der Waals surface area (Å²) in [6.07, 6.45) is 8.50. The molecular formula is C17H16ClN3O2. The van der Waals surface area contributed by atoms with Gasteiger partial charge in [0.25, 0.3) is 5.91 Å². The van der Waals surface area contributed by atoms with Crippen LogP contribution in [0.5, 0.6) is 5.75 Å². The van der Waals surface area contributed by atoms with Gasteiger partial charge in [0, 0.05) is 31.0 Å². The molecule has 0 saturated carbocycles. The van der Waals surface area contributed by atoms with Gasteiger partial charge in [-0.15, -0.1) is 6.42 Å². The van der Waals surface area contributed by atoms with E-state index in [1.165, 1.54) is 6.20 Å². The van der Waals surface area contributed by atoms with Crippen molar-refractivity contribution < 1.29 is 9.53 Å². The number of carbonyl (C=O) groups is 1. The Labute approximate surface area is 139 Å². The van der Waals surface area contributed by atoms with Gasteiger partial charge in [-0.3, -0.25) is 9.89 Å². The van der Waals surface area contributed by atoms with Gasteiger partial charge in [0.2, 0.25) is 0 Å². The molecule has 23 heavy (non-hydrogen) atoms. The van der Waals surface area contributed by atoms with E-state index in [4.69, 9.17) is 22.8 Å². The molecule has 1 aliphatic heterocycles. The molecule has 0 bridgehead atoms. The summed E-state index contributed by atoms with van der Waals surface area (Å²) in [5, 5.41) is 7.20. The number of aromatic nitrogens is 2. The first-order valence-electron chi connectivity index (χ1n) is 7.39. The molecule has 118 valence electrons. The Bertz CT molecular complexity index is 725. The maximum atomic E-state index is 12.4. The normalized spacial score (nSPS) is 15.2. The minimum Gasteiger partial charge on any atom is -0.490 e. The predicted octanol–water partition coefficient (Wildman–Crippen LogP) is 2.73. The molecule has 6 heteroatoms. The van der Waals surface area contributed by atoms with Crippen LogP contribution < -0.4 is 4.74 Å². The van der Waals surface area contributed by atoms with Crippen molar-refractivity contribution in [1.29, 1.82) is 0 Å². The number of likely N-dealkylation sites (tertiary alicyclic amines) is 1. The van der Waals surface area contributed by atoms with Crippen molar-refractivity contribution in [2.75, 3.05) is 13.1 Å². The second-order valence-corrected chi connectivity index (χ2v) is 5.80. The summed E-state index contributed by atoms with van der Waals surface area (Å²) in [5.41, 5.74) is 0.874. The fourth-order valence-electron chi connectivity index (χ4n) is 2.60. The SMILES string of the molecule is C#Cc1cn[nH]c1C(=O)N1CCC(Oc2ccc(Cl)cc2)CC1. The molecule has 0 atom stereocenters. The molecule has 0 spiro atoms. The number of amides is 1. The highest BCUT2D eigenvalue weighted by Gasteiger charge is 2.26. The van der Waals surface area contributed by atoms with Crippen molar-refractivity contribution in [3.8, 4) is 18.1 Å². The van der Waals surface area contributed by atoms with Crippen LogP contribution in [0.3, 0.4) is 0 Å². The quantitative estimate of drug-likeness (QED) is 0.881. The Balaban J connectivity index is 1.57. The van der Waals surface area contributed by atoms with Crippen LogP contribution in [0.1, 0.15) is 28.9 Å². The van der Waals surface area contributed by atoms with Gasteiger partial charge in [0.05, 0.1) is 11.8 Å². The lowest BCUT2D eigenvalue weighted by Gasteiger charge is -2.32. The Kier molecular flexibility index (Phi) is 4.54. The van der Waals surface area contributed by atoms with E-state index in [9.17, 15) is 4.79 Å². The van der Waals surface area contributed by atoms with Crippen LogP contribution in [0.2, 0.25) is 5.02 Å². The van der Waals surface area contributed by atoms with Crippen molar-refractivity contribution in [2.45, 2.75) is 18.9 Å². The summed E-state index contributed by atoms with van der Waals surface area (Å²) in [4.78, 5) is 14.2. The van der Waals surface area contributed by atoms with Crippen molar-refractivity contribution in [2.24, 2.45) is 0 Å². The molecule has 1 aromatic carbocycles. The van der Waals surface area contributed by atoms with Crippen LogP contribution >= 0.6 is 11.6 Å². The van der Waals surface area contributed by atoms with Gasteiger partial charge in [-0.2, -0.15) is 5.10 Å². The van der Waals surface area contributed by atoms with E-state index in [1.807, 2.05) is 12.1 Å². The zero-order chi connectivity index (χ0) is 16.2. The standard InChI is InChI=1S/C17H16ClN3O2/c1-2-12-11-19-20-16(12)17(22)21-9-7-15(8-10-21)23-14-5-3-13(18)4-6-14/h1,3-6,11,15H,7-10H2,(H,19,20). The highest BCUT2D eigenvalue weighted by molar-refractivity contribution is 6.30. The molecule has 1 fully saturated rings. The minimum absolute atomic E-state index is 0.0918. The molecule has 1 amide bonds. The largest absolute Gasteiger partial charge is 0.490 e. The number of nitrogens with one attached hydrogen (secondary N) is 1. The van der Waals surface area contributed by atoms with Crippen molar-refractivity contribution in [3.05, 3.63) is 46.7 Å². The molecule has 1 saturated heterocycles. The van der Waals surface area contributed by atoms with E-state index in [0.717, 1.165) is 18.6 Å². The number of hydrogen-bond acceptors (Lipinski definition) is 3. The first kappa shape index (κ1) is 15.4. The van der Waals surface area contributed by atoms with Crippen LogP contribution in [-0.4, -0.2) is 40.2 Å². The number of hydrogen-bond donors (Lipinski definition) is 1. The number of carbonyl (C=O) groups excluding carboxylic acids is 1. The molecule has 1 aromatic heterocycles. The zero-order valence-electron chi connectivity index (χ0n) is 12.5. The minimum atomic E-state index is -0.111. The second-order valence-electron chi connectivity index (χ2n) is 5.37. The third-order valence-corrected chi connectivity index (χ3v) is 4.11. The lowest BCUT2D eigenvalue weighted by Crippen LogP contribution is -2.42. The number of piperidine rings is 1. The molecule has 0 aliphatic carbocycles. The van der Waals surface area contributed by atoms with Crippen LogP contribution in [0.25, 0.3) is 0 Å². The van der Waals surface area contributed by atoms with E-state index < -0.39 is 0 Å². The summed E-state index contributed by atoms with van der Waals surface area (Å²) >= 11 is 5.86. The van der Waals surface area contributed by atoms with Gasteiger partial charge in [0.1, 0.15) is 17.5 Å². The number of aromatic amines is 1. The van der Waals surface area contributed by atoms with Crippen LogP contribution in [0.4, 0.5) is 0 Å². The third kappa shape index (κ3) is 3.49. The molecular weight excluding hydrogens is 314 g/mol. The molecule has 2 heterocycles. The van der Waals surface area contributed by atoms with Gasteiger partial charge in [-0.05, 0) is 24.3 Å². The first-order chi connectivity index (χ1) is 11.2. The van der Waals surface area contributed by atoms with Gasteiger partial charge in [0.15, 0.2) is 0 Å². The number of benzene rings is 1. The number of rotatable bonds is 3. The van der Waals surface area contributed by atoms with Crippen molar-refractivity contribution in [3.63, 3.8) is 0 Å². The smallest absolute Gasteiger partial charge is 0.273 e. The fourth-order valence-corrected chi connectivity index (χ4v) is 2.73. The van der Waals surface area contributed by atoms with E-state index >= 15 is 0 Å². The van der Waals surface area contributed by atoms with Gasteiger partial charge in [-0.25, -0.2) is 0 Å². The van der Waals surface area contributed by atoms with Gasteiger partial charge >= 0.3 is 0 Å². The maximum absolute atomic E-state index is 12.4. The second kappa shape index (κ2) is 6.76. The summed E-state index contributed by atoms with van der Waals surface area (Å²) in [5.74, 6) is 3.15.